The highest BCUT2D eigenvalue weighted by atomic mass is 79.9. The molecular weight excluding hydrogens is 351 g/mol. The Kier molecular flexibility index (Phi) is 4.37. The van der Waals surface area contributed by atoms with Gasteiger partial charge in [-0.25, -0.2) is 4.39 Å². The summed E-state index contributed by atoms with van der Waals surface area (Å²) in [5.74, 6) is 0.367. The molecule has 0 saturated carbocycles. The van der Waals surface area contributed by atoms with Gasteiger partial charge < -0.3 is 0 Å². The maximum atomic E-state index is 13.6. The van der Waals surface area contributed by atoms with Crippen LogP contribution in [0.5, 0.6) is 0 Å². The van der Waals surface area contributed by atoms with Gasteiger partial charge in [-0.2, -0.15) is 0 Å². The monoisotopic (exact) mass is 366 g/mol. The minimum absolute atomic E-state index is 0.0797. The van der Waals surface area contributed by atoms with Crippen LogP contribution in [0.25, 0.3) is 0 Å². The first kappa shape index (κ1) is 15.1. The molecular formula is C18H17BrClF. The summed E-state index contributed by atoms with van der Waals surface area (Å²) in [6.45, 7) is 0. The zero-order chi connectivity index (χ0) is 14.9. The molecule has 110 valence electrons. The molecule has 2 aromatic rings. The molecule has 0 fully saturated rings. The molecule has 0 amide bonds. The first-order chi connectivity index (χ1) is 10.1. The maximum absolute atomic E-state index is 13.6. The minimum Gasteiger partial charge on any atom is -0.207 e. The highest BCUT2D eigenvalue weighted by Crippen LogP contribution is 2.41. The van der Waals surface area contributed by atoms with Crippen molar-refractivity contribution in [1.29, 1.82) is 0 Å². The molecule has 1 aliphatic rings. The topological polar surface area (TPSA) is 0 Å². The Labute approximate surface area is 138 Å². The van der Waals surface area contributed by atoms with Crippen molar-refractivity contribution >= 4 is 27.5 Å². The molecule has 0 bridgehead atoms. The van der Waals surface area contributed by atoms with E-state index in [-0.39, 0.29) is 11.2 Å². The number of rotatable bonds is 3. The maximum Gasteiger partial charge on any atom is 0.124 e. The SMILES string of the molecule is Fc1cc(Br)cc(CC2(CCl)CCCc3ccccc32)c1. The van der Waals surface area contributed by atoms with Crippen molar-refractivity contribution in [1.82, 2.24) is 0 Å². The van der Waals surface area contributed by atoms with Gasteiger partial charge in [0.25, 0.3) is 0 Å². The fourth-order valence-corrected chi connectivity index (χ4v) is 4.37. The number of aryl methyl sites for hydroxylation is 1. The Hall–Kier alpha value is -0.860. The standard InChI is InChI=1S/C18H17BrClF/c19-15-8-13(9-16(21)10-15)11-18(12-20)7-3-5-14-4-1-2-6-17(14)18/h1-2,4,6,8-10H,3,5,7,11-12H2. The average Bonchev–Trinajstić information content (AvgIpc) is 2.46. The molecule has 0 heterocycles. The predicted molar refractivity (Wildman–Crippen MR) is 89.6 cm³/mol. The van der Waals surface area contributed by atoms with Gasteiger partial charge in [-0.1, -0.05) is 40.2 Å². The van der Waals surface area contributed by atoms with Crippen molar-refractivity contribution < 1.29 is 4.39 Å². The van der Waals surface area contributed by atoms with Crippen molar-refractivity contribution in [2.75, 3.05) is 5.88 Å². The number of halogens is 3. The molecule has 3 rings (SSSR count). The van der Waals surface area contributed by atoms with Crippen LogP contribution in [0.1, 0.15) is 29.5 Å². The third-order valence-corrected chi connectivity index (χ3v) is 5.38. The molecule has 1 aliphatic carbocycles. The number of hydrogen-bond donors (Lipinski definition) is 0. The van der Waals surface area contributed by atoms with E-state index in [0.29, 0.717) is 5.88 Å². The highest BCUT2D eigenvalue weighted by Gasteiger charge is 2.35. The van der Waals surface area contributed by atoms with Crippen molar-refractivity contribution in [3.63, 3.8) is 0 Å². The molecule has 2 aromatic carbocycles. The third kappa shape index (κ3) is 3.02. The van der Waals surface area contributed by atoms with Gasteiger partial charge >= 0.3 is 0 Å². The van der Waals surface area contributed by atoms with E-state index in [2.05, 4.69) is 40.2 Å². The highest BCUT2D eigenvalue weighted by molar-refractivity contribution is 9.10. The van der Waals surface area contributed by atoms with Crippen LogP contribution in [0.3, 0.4) is 0 Å². The second-order valence-electron chi connectivity index (χ2n) is 5.88. The van der Waals surface area contributed by atoms with Crippen molar-refractivity contribution in [3.8, 4) is 0 Å². The lowest BCUT2D eigenvalue weighted by molar-refractivity contribution is 0.396. The third-order valence-electron chi connectivity index (χ3n) is 4.41. The van der Waals surface area contributed by atoms with Crippen LogP contribution < -0.4 is 0 Å². The van der Waals surface area contributed by atoms with Crippen molar-refractivity contribution in [3.05, 3.63) is 69.4 Å². The molecule has 0 N–H and O–H groups in total. The van der Waals surface area contributed by atoms with E-state index in [9.17, 15) is 4.39 Å². The summed E-state index contributed by atoms with van der Waals surface area (Å²) in [7, 11) is 0. The van der Waals surface area contributed by atoms with Gasteiger partial charge in [-0.15, -0.1) is 11.6 Å². The molecule has 0 aliphatic heterocycles. The molecule has 0 saturated heterocycles. The van der Waals surface area contributed by atoms with Crippen LogP contribution >= 0.6 is 27.5 Å². The Morgan fingerprint density at radius 3 is 2.76 bits per heavy atom. The Balaban J connectivity index is 2.02. The molecule has 21 heavy (non-hydrogen) atoms. The van der Waals surface area contributed by atoms with Gasteiger partial charge in [-0.05, 0) is 60.6 Å². The van der Waals surface area contributed by atoms with E-state index >= 15 is 0 Å². The summed E-state index contributed by atoms with van der Waals surface area (Å²) in [5, 5.41) is 0. The predicted octanol–water partition coefficient (Wildman–Crippen LogP) is 5.64. The summed E-state index contributed by atoms with van der Waals surface area (Å²) in [4.78, 5) is 0. The first-order valence-electron chi connectivity index (χ1n) is 7.22. The summed E-state index contributed by atoms with van der Waals surface area (Å²) in [6.07, 6.45) is 4.09. The van der Waals surface area contributed by atoms with Gasteiger partial charge in [0, 0.05) is 15.8 Å². The van der Waals surface area contributed by atoms with Crippen LogP contribution in [-0.4, -0.2) is 5.88 Å². The van der Waals surface area contributed by atoms with Crippen LogP contribution in [0.15, 0.2) is 46.9 Å². The fraction of sp³-hybridized carbons (Fsp3) is 0.333. The van der Waals surface area contributed by atoms with Gasteiger partial charge in [0.15, 0.2) is 0 Å². The lowest BCUT2D eigenvalue weighted by atomic mass is 9.68. The average molecular weight is 368 g/mol. The van der Waals surface area contributed by atoms with E-state index in [0.717, 1.165) is 35.7 Å². The summed E-state index contributed by atoms with van der Waals surface area (Å²) in [6, 6.07) is 13.6. The molecule has 0 spiro atoms. The van der Waals surface area contributed by atoms with Crippen LogP contribution in [0.4, 0.5) is 4.39 Å². The first-order valence-corrected chi connectivity index (χ1v) is 8.55. The number of fused-ring (bicyclic) bond motifs is 1. The fourth-order valence-electron chi connectivity index (χ4n) is 3.48. The van der Waals surface area contributed by atoms with E-state index in [1.54, 1.807) is 6.07 Å². The number of alkyl halides is 1. The summed E-state index contributed by atoms with van der Waals surface area (Å²) in [5.41, 5.74) is 3.65. The summed E-state index contributed by atoms with van der Waals surface area (Å²) >= 11 is 9.76. The van der Waals surface area contributed by atoms with Crippen LogP contribution in [0.2, 0.25) is 0 Å². The Morgan fingerprint density at radius 1 is 1.19 bits per heavy atom. The van der Waals surface area contributed by atoms with Crippen LogP contribution in [0, 0.1) is 5.82 Å². The molecule has 1 unspecified atom stereocenters. The van der Waals surface area contributed by atoms with Crippen LogP contribution in [-0.2, 0) is 18.3 Å². The van der Waals surface area contributed by atoms with Gasteiger partial charge in [0.05, 0.1) is 0 Å². The lowest BCUT2D eigenvalue weighted by Crippen LogP contribution is -2.35. The number of benzene rings is 2. The molecule has 0 nitrogen and oxygen atoms in total. The van der Waals surface area contributed by atoms with E-state index in [1.807, 2.05) is 6.07 Å². The minimum atomic E-state index is -0.201. The van der Waals surface area contributed by atoms with Crippen molar-refractivity contribution in [2.24, 2.45) is 0 Å². The van der Waals surface area contributed by atoms with E-state index < -0.39 is 0 Å². The normalized spacial score (nSPS) is 21.1. The second kappa shape index (κ2) is 6.10. The molecule has 0 aromatic heterocycles. The van der Waals surface area contributed by atoms with E-state index in [4.69, 9.17) is 11.6 Å². The van der Waals surface area contributed by atoms with E-state index in [1.165, 1.54) is 17.2 Å². The second-order valence-corrected chi connectivity index (χ2v) is 7.06. The molecule has 0 radical (unpaired) electrons. The zero-order valence-electron chi connectivity index (χ0n) is 11.7. The molecule has 1 atom stereocenters. The summed E-state index contributed by atoms with van der Waals surface area (Å²) < 4.78 is 14.4. The van der Waals surface area contributed by atoms with Gasteiger partial charge in [0.2, 0.25) is 0 Å². The largest absolute Gasteiger partial charge is 0.207 e. The lowest BCUT2D eigenvalue weighted by Gasteiger charge is -2.38. The Bertz CT molecular complexity index is 635. The van der Waals surface area contributed by atoms with Crippen molar-refractivity contribution in [2.45, 2.75) is 31.1 Å². The van der Waals surface area contributed by atoms with Gasteiger partial charge in [-0.3, -0.25) is 0 Å². The zero-order valence-corrected chi connectivity index (χ0v) is 14.1. The quantitative estimate of drug-likeness (QED) is 0.615. The smallest absolute Gasteiger partial charge is 0.124 e. The number of hydrogen-bond acceptors (Lipinski definition) is 0. The Morgan fingerprint density at radius 2 is 2.00 bits per heavy atom. The van der Waals surface area contributed by atoms with Gasteiger partial charge in [0.1, 0.15) is 5.82 Å². The molecule has 3 heteroatoms.